The lowest BCUT2D eigenvalue weighted by molar-refractivity contribution is -0.168. The number of aliphatic hydroxyl groups is 3. The molecular formula is C27H42F2O3. The van der Waals surface area contributed by atoms with Gasteiger partial charge in [-0.3, -0.25) is 0 Å². The van der Waals surface area contributed by atoms with Crippen LogP contribution in [0.25, 0.3) is 0 Å². The van der Waals surface area contributed by atoms with Crippen LogP contribution in [0.4, 0.5) is 8.78 Å². The Morgan fingerprint density at radius 3 is 2.56 bits per heavy atom. The summed E-state index contributed by atoms with van der Waals surface area (Å²) in [6.07, 6.45) is 9.40. The molecule has 0 heterocycles. The average molecular weight is 453 g/mol. The molecule has 6 atom stereocenters. The topological polar surface area (TPSA) is 60.7 Å². The lowest BCUT2D eigenvalue weighted by atomic mass is 9.60. The third-order valence-electron chi connectivity index (χ3n) is 8.80. The summed E-state index contributed by atoms with van der Waals surface area (Å²) in [6, 6.07) is 0. The quantitative estimate of drug-likeness (QED) is 0.467. The molecule has 0 spiro atoms. The number of allylic oxidation sites excluding steroid dienone is 3. The van der Waals surface area contributed by atoms with E-state index in [9.17, 15) is 24.1 Å². The zero-order valence-electron chi connectivity index (χ0n) is 20.2. The molecule has 0 aromatic rings. The Morgan fingerprint density at radius 1 is 1.22 bits per heavy atom. The summed E-state index contributed by atoms with van der Waals surface area (Å²) in [5.41, 5.74) is 1.15. The van der Waals surface area contributed by atoms with E-state index in [4.69, 9.17) is 0 Å². The van der Waals surface area contributed by atoms with Crippen LogP contribution in [0.1, 0.15) is 85.5 Å². The average Bonchev–Trinajstić information content (AvgIpc) is 3.04. The van der Waals surface area contributed by atoms with Crippen LogP contribution in [-0.4, -0.2) is 39.1 Å². The van der Waals surface area contributed by atoms with E-state index < -0.39 is 23.7 Å². The highest BCUT2D eigenvalue weighted by Crippen LogP contribution is 2.60. The van der Waals surface area contributed by atoms with Crippen LogP contribution < -0.4 is 0 Å². The molecule has 182 valence electrons. The van der Waals surface area contributed by atoms with Gasteiger partial charge in [0.1, 0.15) is 5.60 Å². The predicted molar refractivity (Wildman–Crippen MR) is 124 cm³/mol. The molecule has 3 aliphatic carbocycles. The number of alkyl halides is 2. The smallest absolute Gasteiger partial charge is 0.275 e. The van der Waals surface area contributed by atoms with Gasteiger partial charge in [0.25, 0.3) is 5.92 Å². The molecule has 3 fully saturated rings. The van der Waals surface area contributed by atoms with Gasteiger partial charge in [0.2, 0.25) is 0 Å². The molecule has 3 saturated carbocycles. The Kier molecular flexibility index (Phi) is 7.44. The van der Waals surface area contributed by atoms with Gasteiger partial charge in [-0.1, -0.05) is 38.2 Å². The predicted octanol–water partition coefficient (Wildman–Crippen LogP) is 5.95. The van der Waals surface area contributed by atoms with Gasteiger partial charge in [-0.25, -0.2) is 8.78 Å². The molecule has 3 N–H and O–H groups in total. The number of rotatable bonds is 6. The van der Waals surface area contributed by atoms with Crippen LogP contribution in [0, 0.1) is 23.2 Å². The summed E-state index contributed by atoms with van der Waals surface area (Å²) < 4.78 is 28.6. The van der Waals surface area contributed by atoms with Crippen molar-refractivity contribution in [3.05, 3.63) is 35.5 Å². The minimum absolute atomic E-state index is 0.106. The Morgan fingerprint density at radius 2 is 1.91 bits per heavy atom. The van der Waals surface area contributed by atoms with Crippen molar-refractivity contribution >= 4 is 0 Å². The van der Waals surface area contributed by atoms with Crippen LogP contribution >= 0.6 is 0 Å². The van der Waals surface area contributed by atoms with E-state index in [-0.39, 0.29) is 17.8 Å². The highest BCUT2D eigenvalue weighted by molar-refractivity contribution is 5.38. The second kappa shape index (κ2) is 9.31. The molecule has 32 heavy (non-hydrogen) atoms. The zero-order chi connectivity index (χ0) is 23.9. The van der Waals surface area contributed by atoms with Gasteiger partial charge < -0.3 is 15.3 Å². The largest absolute Gasteiger partial charge is 0.393 e. The molecule has 3 nitrogen and oxygen atoms in total. The molecule has 0 radical (unpaired) electrons. The highest BCUT2D eigenvalue weighted by atomic mass is 19.3. The molecule has 0 unspecified atom stereocenters. The van der Waals surface area contributed by atoms with Gasteiger partial charge >= 0.3 is 0 Å². The van der Waals surface area contributed by atoms with Crippen LogP contribution in [0.5, 0.6) is 0 Å². The van der Waals surface area contributed by atoms with E-state index in [1.807, 2.05) is 6.08 Å². The van der Waals surface area contributed by atoms with Crippen LogP contribution in [0.3, 0.4) is 0 Å². The molecule has 0 saturated heterocycles. The normalized spacial score (nSPS) is 37.7. The molecule has 0 amide bonds. The first-order chi connectivity index (χ1) is 14.8. The number of aliphatic hydroxyl groups excluding tert-OH is 2. The molecule has 0 aromatic heterocycles. The highest BCUT2D eigenvalue weighted by Gasteiger charge is 2.51. The number of hydrogen-bond donors (Lipinski definition) is 3. The summed E-state index contributed by atoms with van der Waals surface area (Å²) >= 11 is 0. The van der Waals surface area contributed by atoms with Crippen molar-refractivity contribution in [3.8, 4) is 0 Å². The Hall–Kier alpha value is -1.04. The first-order valence-corrected chi connectivity index (χ1v) is 12.3. The van der Waals surface area contributed by atoms with E-state index >= 15 is 0 Å². The summed E-state index contributed by atoms with van der Waals surface area (Å²) in [5.74, 6) is -2.06. The third-order valence-corrected chi connectivity index (χ3v) is 8.80. The van der Waals surface area contributed by atoms with Gasteiger partial charge in [0.15, 0.2) is 0 Å². The number of hydrogen-bond acceptors (Lipinski definition) is 3. The van der Waals surface area contributed by atoms with Gasteiger partial charge in [0.05, 0.1) is 12.2 Å². The van der Waals surface area contributed by atoms with Gasteiger partial charge in [-0.05, 0) is 93.1 Å². The summed E-state index contributed by atoms with van der Waals surface area (Å²) in [5, 5.41) is 29.9. The van der Waals surface area contributed by atoms with Crippen molar-refractivity contribution in [2.45, 2.75) is 109 Å². The van der Waals surface area contributed by atoms with Gasteiger partial charge in [-0.15, -0.1) is 0 Å². The maximum absolute atomic E-state index is 14.3. The van der Waals surface area contributed by atoms with Crippen LogP contribution in [0.2, 0.25) is 0 Å². The fourth-order valence-corrected chi connectivity index (χ4v) is 6.60. The fraction of sp³-hybridized carbons (Fsp3) is 0.778. The van der Waals surface area contributed by atoms with Gasteiger partial charge in [-0.2, -0.15) is 0 Å². The lowest BCUT2D eigenvalue weighted by Crippen LogP contribution is -2.43. The molecule has 3 rings (SSSR count). The molecule has 0 bridgehead atoms. The Labute approximate surface area is 192 Å². The summed E-state index contributed by atoms with van der Waals surface area (Å²) in [7, 11) is 0. The molecule has 3 aliphatic rings. The number of halogens is 2. The van der Waals surface area contributed by atoms with Crippen LogP contribution in [0.15, 0.2) is 35.5 Å². The van der Waals surface area contributed by atoms with E-state index in [0.29, 0.717) is 36.7 Å². The van der Waals surface area contributed by atoms with E-state index in [1.54, 1.807) is 0 Å². The van der Waals surface area contributed by atoms with Crippen molar-refractivity contribution in [1.82, 2.24) is 0 Å². The van der Waals surface area contributed by atoms with Crippen molar-refractivity contribution in [3.63, 3.8) is 0 Å². The number of fused-ring (bicyclic) bond motifs is 1. The monoisotopic (exact) mass is 452 g/mol. The summed E-state index contributed by atoms with van der Waals surface area (Å²) in [4.78, 5) is 0. The minimum Gasteiger partial charge on any atom is -0.393 e. The zero-order valence-corrected chi connectivity index (χ0v) is 20.2. The van der Waals surface area contributed by atoms with Crippen molar-refractivity contribution in [1.29, 1.82) is 0 Å². The van der Waals surface area contributed by atoms with Crippen LogP contribution in [-0.2, 0) is 0 Å². The second-order valence-corrected chi connectivity index (χ2v) is 11.4. The molecule has 5 heteroatoms. The third kappa shape index (κ3) is 5.05. The Balaban J connectivity index is 1.73. The maximum atomic E-state index is 14.3. The Bertz CT molecular complexity index is 763. The lowest BCUT2D eigenvalue weighted by Gasteiger charge is -2.44. The van der Waals surface area contributed by atoms with Crippen molar-refractivity contribution in [2.24, 2.45) is 23.2 Å². The van der Waals surface area contributed by atoms with E-state index in [1.165, 1.54) is 19.4 Å². The van der Waals surface area contributed by atoms with Gasteiger partial charge in [0, 0.05) is 12.8 Å². The van der Waals surface area contributed by atoms with Crippen molar-refractivity contribution < 1.29 is 24.1 Å². The summed E-state index contributed by atoms with van der Waals surface area (Å²) in [6.45, 7) is 10.8. The maximum Gasteiger partial charge on any atom is 0.275 e. The minimum atomic E-state index is -3.08. The van der Waals surface area contributed by atoms with E-state index in [2.05, 4.69) is 26.5 Å². The first-order valence-electron chi connectivity index (χ1n) is 12.3. The SMILES string of the molecule is C=C1C(=CC=C2CCC[C@]3(C)[C@@H]([C@H](C)CCC(F)(F)C(C)(C)O)CC[C@@H]23)C[C@H](O)C[C@H]1O. The molecular weight excluding hydrogens is 410 g/mol. The molecule has 0 aliphatic heterocycles. The standard InChI is InChI=1S/C27H42F2O3/c1-17(12-14-27(28,29)25(3,4)32)22-10-11-23-19(7-6-13-26(22,23)5)8-9-20-15-21(30)16-24(31)18(20)2/h8-9,17,21-24,30-32H,2,6-7,10-16H2,1,3-5H3/t17-,21+,22-,23+,24-,26-/m1/s1. The first kappa shape index (κ1) is 25.6. The fourth-order valence-electron chi connectivity index (χ4n) is 6.60. The second-order valence-electron chi connectivity index (χ2n) is 11.4. The molecule has 0 aromatic carbocycles. The van der Waals surface area contributed by atoms with Crippen molar-refractivity contribution in [2.75, 3.05) is 0 Å². The van der Waals surface area contributed by atoms with E-state index in [0.717, 1.165) is 37.7 Å².